The van der Waals surface area contributed by atoms with Gasteiger partial charge < -0.3 is 10.1 Å². The number of para-hydroxylation sites is 1. The second-order valence-corrected chi connectivity index (χ2v) is 8.67. The second kappa shape index (κ2) is 11.1. The maximum atomic E-state index is 13.2. The first-order chi connectivity index (χ1) is 15.9. The largest absolute Gasteiger partial charge is 0.465 e. The molecule has 1 aromatic heterocycles. The summed E-state index contributed by atoms with van der Waals surface area (Å²) in [4.78, 5) is 42.5. The molecule has 174 valence electrons. The Morgan fingerprint density at radius 2 is 1.97 bits per heavy atom. The number of carbonyl (C=O) groups excluding carboxylic acids is 2. The first kappa shape index (κ1) is 24.5. The Morgan fingerprint density at radius 3 is 2.67 bits per heavy atom. The number of fused-ring (bicyclic) bond motifs is 1. The molecule has 0 saturated carbocycles. The minimum atomic E-state index is -0.493. The summed E-state index contributed by atoms with van der Waals surface area (Å²) in [6.07, 6.45) is 2.55. The Bertz CT molecular complexity index is 1240. The summed E-state index contributed by atoms with van der Waals surface area (Å²) in [6.45, 7) is 6.58. The molecule has 0 unspecified atom stereocenters. The zero-order chi connectivity index (χ0) is 24.0. The lowest BCUT2D eigenvalue weighted by Crippen LogP contribution is -2.24. The van der Waals surface area contributed by atoms with Crippen molar-refractivity contribution in [1.82, 2.24) is 9.55 Å². The number of unbranched alkanes of at least 4 members (excludes halogenated alkanes) is 1. The molecule has 1 heterocycles. The number of amides is 1. The number of anilines is 1. The summed E-state index contributed by atoms with van der Waals surface area (Å²) in [6, 6.07) is 10.7. The van der Waals surface area contributed by atoms with Gasteiger partial charge in [-0.05, 0) is 49.1 Å². The van der Waals surface area contributed by atoms with Crippen molar-refractivity contribution in [3.8, 4) is 0 Å². The average molecular weight is 468 g/mol. The number of hydrogen-bond acceptors (Lipinski definition) is 6. The van der Waals surface area contributed by atoms with Crippen LogP contribution in [-0.2, 0) is 22.5 Å². The van der Waals surface area contributed by atoms with Crippen molar-refractivity contribution in [2.45, 2.75) is 51.7 Å². The molecular formula is C25H29N3O4S. The molecule has 2 aromatic carbocycles. The molecule has 1 N–H and O–H groups in total. The summed E-state index contributed by atoms with van der Waals surface area (Å²) in [5.41, 5.74) is 3.47. The van der Waals surface area contributed by atoms with E-state index in [2.05, 4.69) is 17.2 Å². The van der Waals surface area contributed by atoms with E-state index in [9.17, 15) is 14.4 Å². The van der Waals surface area contributed by atoms with E-state index in [1.165, 1.54) is 18.9 Å². The molecule has 0 saturated heterocycles. The van der Waals surface area contributed by atoms with Crippen LogP contribution in [-0.4, -0.2) is 34.3 Å². The predicted molar refractivity (Wildman–Crippen MR) is 132 cm³/mol. The van der Waals surface area contributed by atoms with Crippen molar-refractivity contribution in [1.29, 1.82) is 0 Å². The lowest BCUT2D eigenvalue weighted by molar-refractivity contribution is -0.113. The van der Waals surface area contributed by atoms with E-state index in [0.29, 0.717) is 28.2 Å². The number of aromatic nitrogens is 2. The van der Waals surface area contributed by atoms with Crippen LogP contribution < -0.4 is 10.9 Å². The van der Waals surface area contributed by atoms with E-state index >= 15 is 0 Å². The van der Waals surface area contributed by atoms with E-state index in [4.69, 9.17) is 4.74 Å². The molecule has 7 nitrogen and oxygen atoms in total. The average Bonchev–Trinajstić information content (AvgIpc) is 2.82. The molecule has 0 radical (unpaired) electrons. The predicted octanol–water partition coefficient (Wildman–Crippen LogP) is 4.58. The highest BCUT2D eigenvalue weighted by atomic mass is 32.2. The summed E-state index contributed by atoms with van der Waals surface area (Å²) in [5, 5.41) is 3.90. The van der Waals surface area contributed by atoms with Crippen molar-refractivity contribution >= 4 is 40.2 Å². The molecule has 1 amide bonds. The van der Waals surface area contributed by atoms with Crippen molar-refractivity contribution in [2.75, 3.05) is 18.2 Å². The van der Waals surface area contributed by atoms with Gasteiger partial charge in [0.1, 0.15) is 0 Å². The highest BCUT2D eigenvalue weighted by Gasteiger charge is 2.16. The van der Waals surface area contributed by atoms with E-state index in [1.807, 2.05) is 32.0 Å². The number of thioether (sulfide) groups is 1. The standard InChI is InChI=1S/C25H29N3O4S/c1-5-7-13-28-23(30)19-12-11-18(24(31)32-4)14-20(19)26-25(28)33-15-21(29)27-22-16(3)9-8-10-17(22)6-2/h8-12,14H,5-7,13,15H2,1-4H3,(H,27,29). The van der Waals surface area contributed by atoms with Crippen LogP contribution in [0.4, 0.5) is 5.69 Å². The molecule has 3 rings (SSSR count). The normalized spacial score (nSPS) is 10.9. The Kier molecular flexibility index (Phi) is 8.27. The van der Waals surface area contributed by atoms with Crippen molar-refractivity contribution in [2.24, 2.45) is 0 Å². The number of nitrogens with one attached hydrogen (secondary N) is 1. The maximum absolute atomic E-state index is 13.2. The lowest BCUT2D eigenvalue weighted by Gasteiger charge is -2.15. The van der Waals surface area contributed by atoms with Crippen LogP contribution in [0, 0.1) is 6.92 Å². The van der Waals surface area contributed by atoms with E-state index in [1.54, 1.807) is 22.8 Å². The first-order valence-corrected chi connectivity index (χ1v) is 12.0. The summed E-state index contributed by atoms with van der Waals surface area (Å²) >= 11 is 1.22. The molecule has 0 atom stereocenters. The molecule has 0 bridgehead atoms. The van der Waals surface area contributed by atoms with Crippen molar-refractivity contribution < 1.29 is 14.3 Å². The van der Waals surface area contributed by atoms with Gasteiger partial charge in [-0.2, -0.15) is 0 Å². The molecular weight excluding hydrogens is 438 g/mol. The Balaban J connectivity index is 1.91. The van der Waals surface area contributed by atoms with Crippen molar-refractivity contribution in [3.63, 3.8) is 0 Å². The molecule has 0 fully saturated rings. The van der Waals surface area contributed by atoms with Gasteiger partial charge in [0.15, 0.2) is 5.16 Å². The number of hydrogen-bond donors (Lipinski definition) is 1. The molecule has 0 spiro atoms. The third-order valence-corrected chi connectivity index (χ3v) is 6.39. The van der Waals surface area contributed by atoms with Crippen LogP contribution in [0.15, 0.2) is 46.3 Å². The number of nitrogens with zero attached hydrogens (tertiary/aromatic N) is 2. The third kappa shape index (κ3) is 5.63. The van der Waals surface area contributed by atoms with Crippen LogP contribution in [0.1, 0.15) is 48.2 Å². The van der Waals surface area contributed by atoms with Gasteiger partial charge in [-0.1, -0.05) is 50.2 Å². The van der Waals surface area contributed by atoms with Gasteiger partial charge in [-0.3, -0.25) is 14.2 Å². The fourth-order valence-electron chi connectivity index (χ4n) is 3.58. The molecule has 33 heavy (non-hydrogen) atoms. The van der Waals surface area contributed by atoms with Crippen LogP contribution >= 0.6 is 11.8 Å². The highest BCUT2D eigenvalue weighted by Crippen LogP contribution is 2.23. The van der Waals surface area contributed by atoms with Gasteiger partial charge in [0.25, 0.3) is 5.56 Å². The van der Waals surface area contributed by atoms with Crippen molar-refractivity contribution in [3.05, 3.63) is 63.4 Å². The van der Waals surface area contributed by atoms with Gasteiger partial charge >= 0.3 is 5.97 Å². The quantitative estimate of drug-likeness (QED) is 0.281. The second-order valence-electron chi connectivity index (χ2n) is 7.73. The number of benzene rings is 2. The van der Waals surface area contributed by atoms with E-state index in [0.717, 1.165) is 36.1 Å². The molecule has 0 aliphatic heterocycles. The number of carbonyl (C=O) groups is 2. The number of ether oxygens (including phenoxy) is 1. The van der Waals surface area contributed by atoms with Crippen LogP contribution in [0.25, 0.3) is 10.9 Å². The summed E-state index contributed by atoms with van der Waals surface area (Å²) in [7, 11) is 1.31. The van der Waals surface area contributed by atoms with Gasteiger partial charge in [-0.15, -0.1) is 0 Å². The fraction of sp³-hybridized carbons (Fsp3) is 0.360. The highest BCUT2D eigenvalue weighted by molar-refractivity contribution is 7.99. The first-order valence-electron chi connectivity index (χ1n) is 11.0. The van der Waals surface area contributed by atoms with E-state index in [-0.39, 0.29) is 17.2 Å². The number of aryl methyl sites for hydroxylation is 2. The number of methoxy groups -OCH3 is 1. The third-order valence-electron chi connectivity index (χ3n) is 5.41. The Hall–Kier alpha value is -3.13. The molecule has 8 heteroatoms. The van der Waals surface area contributed by atoms with Gasteiger partial charge in [0.2, 0.25) is 5.91 Å². The van der Waals surface area contributed by atoms with Crippen LogP contribution in [0.2, 0.25) is 0 Å². The molecule has 3 aromatic rings. The Labute approximate surface area is 197 Å². The minimum absolute atomic E-state index is 0.109. The van der Waals surface area contributed by atoms with Gasteiger partial charge in [0, 0.05) is 12.2 Å². The maximum Gasteiger partial charge on any atom is 0.337 e. The topological polar surface area (TPSA) is 90.3 Å². The van der Waals surface area contributed by atoms with Gasteiger partial charge in [-0.25, -0.2) is 9.78 Å². The van der Waals surface area contributed by atoms with Crippen LogP contribution in [0.5, 0.6) is 0 Å². The fourth-order valence-corrected chi connectivity index (χ4v) is 4.40. The monoisotopic (exact) mass is 467 g/mol. The summed E-state index contributed by atoms with van der Waals surface area (Å²) < 4.78 is 6.40. The smallest absolute Gasteiger partial charge is 0.337 e. The minimum Gasteiger partial charge on any atom is -0.465 e. The van der Waals surface area contributed by atoms with Crippen LogP contribution in [0.3, 0.4) is 0 Å². The zero-order valence-electron chi connectivity index (χ0n) is 19.4. The number of rotatable bonds is 9. The summed E-state index contributed by atoms with van der Waals surface area (Å²) in [5.74, 6) is -0.547. The molecule has 0 aliphatic rings. The molecule has 0 aliphatic carbocycles. The van der Waals surface area contributed by atoms with Gasteiger partial charge in [0.05, 0.1) is 29.3 Å². The number of esters is 1. The lowest BCUT2D eigenvalue weighted by atomic mass is 10.1. The zero-order valence-corrected chi connectivity index (χ0v) is 20.3. The van der Waals surface area contributed by atoms with E-state index < -0.39 is 5.97 Å². The SMILES string of the molecule is CCCCn1c(SCC(=O)Nc2c(C)cccc2CC)nc2cc(C(=O)OC)ccc2c1=O. The Morgan fingerprint density at radius 1 is 1.18 bits per heavy atom.